The summed E-state index contributed by atoms with van der Waals surface area (Å²) in [6.45, 7) is 0. The maximum absolute atomic E-state index is 13.6. The fourth-order valence-electron chi connectivity index (χ4n) is 3.13. The van der Waals surface area contributed by atoms with Crippen LogP contribution in [0.5, 0.6) is 0 Å². The van der Waals surface area contributed by atoms with E-state index in [0.29, 0.717) is 14.9 Å². The van der Waals surface area contributed by atoms with Gasteiger partial charge in [-0.25, -0.2) is 9.67 Å². The Kier molecular flexibility index (Phi) is 4.68. The van der Waals surface area contributed by atoms with E-state index in [-0.39, 0.29) is 22.6 Å². The Bertz CT molecular complexity index is 1080. The lowest BCUT2D eigenvalue weighted by Crippen LogP contribution is -2.28. The Morgan fingerprint density at radius 1 is 1.29 bits per heavy atom. The molecule has 6 nitrogen and oxygen atoms in total. The monoisotopic (exact) mass is 501 g/mol. The van der Waals surface area contributed by atoms with Gasteiger partial charge in [-0.2, -0.15) is 18.3 Å². The van der Waals surface area contributed by atoms with Gasteiger partial charge in [0.05, 0.1) is 16.8 Å². The third-order valence-electron chi connectivity index (χ3n) is 4.76. The van der Waals surface area contributed by atoms with Gasteiger partial charge >= 0.3 is 6.18 Å². The molecular weight excluding hydrogens is 486 g/mol. The Balaban J connectivity index is 1.95. The largest absolute Gasteiger partial charge is 0.435 e. The first-order valence-corrected chi connectivity index (χ1v) is 9.65. The minimum absolute atomic E-state index is 0.0517. The number of pyridine rings is 1. The topological polar surface area (TPSA) is 85.8 Å². The standard InChI is InChI=1S/C18H15F3IN5O/c19-18(20,21)15-14-11(22)6-7-24-17(14)27(26-15)13-5-4-9(16(23)28)8-12(13)25-10-2-1-3-10/h4-8,10,25H,1-3H2,(H2,23,28). The second-order valence-corrected chi connectivity index (χ2v) is 7.78. The molecule has 1 fully saturated rings. The third-order valence-corrected chi connectivity index (χ3v) is 5.66. The summed E-state index contributed by atoms with van der Waals surface area (Å²) in [5.41, 5.74) is 5.62. The van der Waals surface area contributed by atoms with Gasteiger partial charge in [-0.1, -0.05) is 0 Å². The van der Waals surface area contributed by atoms with Gasteiger partial charge in [-0.3, -0.25) is 4.79 Å². The molecule has 4 rings (SSSR count). The molecule has 3 aromatic rings. The Labute approximate surface area is 171 Å². The van der Waals surface area contributed by atoms with Crippen molar-refractivity contribution in [2.75, 3.05) is 5.32 Å². The van der Waals surface area contributed by atoms with Crippen LogP contribution in [0.1, 0.15) is 35.3 Å². The van der Waals surface area contributed by atoms with Crippen molar-refractivity contribution in [3.63, 3.8) is 0 Å². The third kappa shape index (κ3) is 3.29. The normalized spacial score (nSPS) is 14.9. The summed E-state index contributed by atoms with van der Waals surface area (Å²) in [6, 6.07) is 6.25. The molecule has 2 heterocycles. The van der Waals surface area contributed by atoms with Crippen LogP contribution in [0, 0.1) is 3.57 Å². The van der Waals surface area contributed by atoms with Crippen LogP contribution in [0.15, 0.2) is 30.5 Å². The Hall–Kier alpha value is -2.37. The number of primary amides is 1. The van der Waals surface area contributed by atoms with E-state index in [2.05, 4.69) is 15.4 Å². The molecular formula is C18H15F3IN5O. The molecule has 0 aliphatic heterocycles. The fraction of sp³-hybridized carbons (Fsp3) is 0.278. The molecule has 10 heteroatoms. The predicted octanol–water partition coefficient (Wildman–Crippen LogP) is 4.11. The lowest BCUT2D eigenvalue weighted by Gasteiger charge is -2.28. The van der Waals surface area contributed by atoms with E-state index in [1.54, 1.807) is 6.07 Å². The highest BCUT2D eigenvalue weighted by molar-refractivity contribution is 14.1. The number of amides is 1. The van der Waals surface area contributed by atoms with Gasteiger partial charge in [0, 0.05) is 21.4 Å². The second-order valence-electron chi connectivity index (χ2n) is 6.62. The van der Waals surface area contributed by atoms with E-state index in [1.807, 2.05) is 22.6 Å². The van der Waals surface area contributed by atoms with Crippen LogP contribution in [-0.4, -0.2) is 26.7 Å². The first kappa shape index (κ1) is 19.0. The van der Waals surface area contributed by atoms with E-state index < -0.39 is 17.8 Å². The highest BCUT2D eigenvalue weighted by Crippen LogP contribution is 2.38. The number of carbonyl (C=O) groups is 1. The molecule has 1 aliphatic carbocycles. The van der Waals surface area contributed by atoms with Gasteiger partial charge in [0.1, 0.15) is 0 Å². The maximum Gasteiger partial charge on any atom is 0.435 e. The molecule has 1 aliphatic rings. The van der Waals surface area contributed by atoms with Gasteiger partial charge in [-0.05, 0) is 66.1 Å². The van der Waals surface area contributed by atoms with E-state index >= 15 is 0 Å². The van der Waals surface area contributed by atoms with Crippen molar-refractivity contribution in [3.05, 3.63) is 45.3 Å². The quantitative estimate of drug-likeness (QED) is 0.528. The number of halogens is 4. The number of nitrogens with zero attached hydrogens (tertiary/aromatic N) is 3. The average molecular weight is 501 g/mol. The second kappa shape index (κ2) is 6.90. The molecule has 1 saturated carbocycles. The van der Waals surface area contributed by atoms with Crippen molar-refractivity contribution in [3.8, 4) is 5.69 Å². The summed E-state index contributed by atoms with van der Waals surface area (Å²) in [6.07, 6.45) is -0.209. The highest BCUT2D eigenvalue weighted by Gasteiger charge is 2.38. The van der Waals surface area contributed by atoms with Crippen LogP contribution in [0.2, 0.25) is 0 Å². The number of hydrogen-bond donors (Lipinski definition) is 2. The number of aromatic nitrogens is 3. The number of alkyl halides is 3. The molecule has 146 valence electrons. The highest BCUT2D eigenvalue weighted by atomic mass is 127. The lowest BCUT2D eigenvalue weighted by molar-refractivity contribution is -0.140. The van der Waals surface area contributed by atoms with Crippen LogP contribution in [0.3, 0.4) is 0 Å². The number of anilines is 1. The molecule has 0 spiro atoms. The summed E-state index contributed by atoms with van der Waals surface area (Å²) in [5.74, 6) is -0.614. The predicted molar refractivity (Wildman–Crippen MR) is 106 cm³/mol. The van der Waals surface area contributed by atoms with Crippen LogP contribution in [0.25, 0.3) is 16.7 Å². The summed E-state index contributed by atoms with van der Waals surface area (Å²) in [7, 11) is 0. The zero-order chi connectivity index (χ0) is 20.1. The number of hydrogen-bond acceptors (Lipinski definition) is 4. The Morgan fingerprint density at radius 2 is 2.04 bits per heavy atom. The van der Waals surface area contributed by atoms with E-state index in [4.69, 9.17) is 5.73 Å². The molecule has 3 N–H and O–H groups in total. The zero-order valence-electron chi connectivity index (χ0n) is 14.4. The van der Waals surface area contributed by atoms with Crippen LogP contribution >= 0.6 is 22.6 Å². The zero-order valence-corrected chi connectivity index (χ0v) is 16.6. The van der Waals surface area contributed by atoms with Crippen LogP contribution in [-0.2, 0) is 6.18 Å². The van der Waals surface area contributed by atoms with Crippen molar-refractivity contribution >= 4 is 45.2 Å². The summed E-state index contributed by atoms with van der Waals surface area (Å²) >= 11 is 1.84. The summed E-state index contributed by atoms with van der Waals surface area (Å²) in [5, 5.41) is 7.08. The number of fused-ring (bicyclic) bond motifs is 1. The number of rotatable bonds is 4. The molecule has 28 heavy (non-hydrogen) atoms. The number of benzene rings is 1. The van der Waals surface area contributed by atoms with Crippen LogP contribution < -0.4 is 11.1 Å². The molecule has 0 atom stereocenters. The number of carbonyl (C=O) groups excluding carboxylic acids is 1. The first-order valence-electron chi connectivity index (χ1n) is 8.57. The maximum atomic E-state index is 13.6. The van der Waals surface area contributed by atoms with Crippen LogP contribution in [0.4, 0.5) is 18.9 Å². The molecule has 0 bridgehead atoms. The van der Waals surface area contributed by atoms with E-state index in [1.165, 1.54) is 29.1 Å². The smallest absolute Gasteiger partial charge is 0.381 e. The summed E-state index contributed by atoms with van der Waals surface area (Å²) < 4.78 is 42.3. The SMILES string of the molecule is NC(=O)c1ccc(-n2nc(C(F)(F)F)c3c(I)ccnc32)c(NC2CCC2)c1. The van der Waals surface area contributed by atoms with Crippen molar-refractivity contribution in [1.82, 2.24) is 14.8 Å². The number of nitrogens with two attached hydrogens (primary N) is 1. The molecule has 1 aromatic carbocycles. The fourth-order valence-corrected chi connectivity index (χ4v) is 3.79. The molecule has 0 unspecified atom stereocenters. The molecule has 0 radical (unpaired) electrons. The van der Waals surface area contributed by atoms with Gasteiger partial charge in [0.25, 0.3) is 0 Å². The van der Waals surface area contributed by atoms with Crippen molar-refractivity contribution in [1.29, 1.82) is 0 Å². The van der Waals surface area contributed by atoms with Gasteiger partial charge < -0.3 is 11.1 Å². The molecule has 2 aromatic heterocycles. The van der Waals surface area contributed by atoms with E-state index in [9.17, 15) is 18.0 Å². The minimum atomic E-state index is -4.62. The Morgan fingerprint density at radius 3 is 2.64 bits per heavy atom. The lowest BCUT2D eigenvalue weighted by atomic mass is 9.93. The van der Waals surface area contributed by atoms with Gasteiger partial charge in [0.2, 0.25) is 5.91 Å². The average Bonchev–Trinajstić information content (AvgIpc) is 2.99. The van der Waals surface area contributed by atoms with Crippen molar-refractivity contribution in [2.45, 2.75) is 31.5 Å². The van der Waals surface area contributed by atoms with Gasteiger partial charge in [0.15, 0.2) is 11.3 Å². The van der Waals surface area contributed by atoms with Crippen molar-refractivity contribution < 1.29 is 18.0 Å². The van der Waals surface area contributed by atoms with E-state index in [0.717, 1.165) is 19.3 Å². The first-order chi connectivity index (χ1) is 13.3. The summed E-state index contributed by atoms with van der Waals surface area (Å²) in [4.78, 5) is 15.7. The number of nitrogens with one attached hydrogen (secondary N) is 1. The minimum Gasteiger partial charge on any atom is -0.381 e. The van der Waals surface area contributed by atoms with Gasteiger partial charge in [-0.15, -0.1) is 0 Å². The molecule has 0 saturated heterocycles. The molecule has 1 amide bonds. The van der Waals surface area contributed by atoms with Crippen molar-refractivity contribution in [2.24, 2.45) is 5.73 Å².